The number of aromatic nitrogens is 3. The molecular formula is C30H39N5O2. The minimum Gasteiger partial charge on any atom is -0.389 e. The van der Waals surface area contributed by atoms with Crippen molar-refractivity contribution in [1.29, 1.82) is 0 Å². The van der Waals surface area contributed by atoms with Gasteiger partial charge >= 0.3 is 0 Å². The summed E-state index contributed by atoms with van der Waals surface area (Å²) in [5, 5.41) is 11.6. The van der Waals surface area contributed by atoms with Crippen molar-refractivity contribution < 1.29 is 9.84 Å². The molecule has 37 heavy (non-hydrogen) atoms. The molecule has 3 heterocycles. The minimum absolute atomic E-state index is 0.355. The quantitative estimate of drug-likeness (QED) is 0.327. The number of hydrogen-bond donors (Lipinski definition) is 2. The predicted molar refractivity (Wildman–Crippen MR) is 150 cm³/mol. The van der Waals surface area contributed by atoms with Gasteiger partial charge in [-0.15, -0.1) is 0 Å². The molecule has 0 saturated carbocycles. The van der Waals surface area contributed by atoms with E-state index in [2.05, 4.69) is 47.4 Å². The van der Waals surface area contributed by atoms with Crippen LogP contribution in [-0.2, 0) is 30.7 Å². The maximum atomic E-state index is 10.6. The molecule has 4 aromatic rings. The summed E-state index contributed by atoms with van der Waals surface area (Å²) in [7, 11) is 0. The molecule has 1 aliphatic heterocycles. The molecule has 1 aliphatic rings. The molecule has 196 valence electrons. The molecule has 7 heteroatoms. The highest BCUT2D eigenvalue weighted by molar-refractivity contribution is 6.06. The number of pyridine rings is 1. The third kappa shape index (κ3) is 5.95. The summed E-state index contributed by atoms with van der Waals surface area (Å²) >= 11 is 0. The van der Waals surface area contributed by atoms with Gasteiger partial charge in [-0.1, -0.05) is 36.4 Å². The van der Waals surface area contributed by atoms with Gasteiger partial charge in [0.1, 0.15) is 17.9 Å². The molecule has 7 nitrogen and oxygen atoms in total. The van der Waals surface area contributed by atoms with Crippen molar-refractivity contribution in [2.45, 2.75) is 65.2 Å². The van der Waals surface area contributed by atoms with E-state index < -0.39 is 5.60 Å². The van der Waals surface area contributed by atoms with Crippen LogP contribution in [0.15, 0.2) is 42.5 Å². The predicted octanol–water partition coefficient (Wildman–Crippen LogP) is 4.70. The van der Waals surface area contributed by atoms with E-state index in [1.54, 1.807) is 13.8 Å². The van der Waals surface area contributed by atoms with Crippen molar-refractivity contribution in [2.24, 2.45) is 0 Å². The van der Waals surface area contributed by atoms with E-state index >= 15 is 0 Å². The Hall–Kier alpha value is -3.00. The van der Waals surface area contributed by atoms with Gasteiger partial charge in [0.15, 0.2) is 5.82 Å². The fourth-order valence-electron chi connectivity index (χ4n) is 5.33. The average Bonchev–Trinajstić information content (AvgIpc) is 3.50. The summed E-state index contributed by atoms with van der Waals surface area (Å²) in [5.41, 5.74) is 11.7. The first-order valence-electron chi connectivity index (χ1n) is 13.5. The van der Waals surface area contributed by atoms with Crippen LogP contribution in [0.3, 0.4) is 0 Å². The Bertz CT molecular complexity index is 1370. The normalized spacial score (nSPS) is 14.8. The van der Waals surface area contributed by atoms with Gasteiger partial charge in [-0.2, -0.15) is 0 Å². The van der Waals surface area contributed by atoms with Crippen LogP contribution in [0.2, 0.25) is 0 Å². The van der Waals surface area contributed by atoms with Gasteiger partial charge in [0.2, 0.25) is 0 Å². The molecule has 5 rings (SSSR count). The van der Waals surface area contributed by atoms with E-state index in [-0.39, 0.29) is 0 Å². The van der Waals surface area contributed by atoms with Crippen LogP contribution in [0.1, 0.15) is 56.1 Å². The molecule has 0 atom stereocenters. The Morgan fingerprint density at radius 3 is 2.41 bits per heavy atom. The minimum atomic E-state index is -0.917. The van der Waals surface area contributed by atoms with E-state index in [9.17, 15) is 5.11 Å². The summed E-state index contributed by atoms with van der Waals surface area (Å²) in [6.07, 6.45) is 4.62. The van der Waals surface area contributed by atoms with Gasteiger partial charge in [-0.25, -0.2) is 9.97 Å². The van der Waals surface area contributed by atoms with E-state index in [1.165, 1.54) is 42.6 Å². The molecule has 0 bridgehead atoms. The van der Waals surface area contributed by atoms with Crippen molar-refractivity contribution in [3.05, 3.63) is 65.0 Å². The standard InChI is InChI=1S/C30H39N5O2/c1-4-37-19-26-33-27-28(35(26)20-30(2,3)36)24-12-11-23(18-25(24)32-29(27)31)17-22-9-7-21(8-10-22)13-16-34-14-5-6-15-34/h7-12,18,36H,4-6,13-17,19-20H2,1-3H3,(H2,31,32). The van der Waals surface area contributed by atoms with Crippen molar-refractivity contribution in [1.82, 2.24) is 19.4 Å². The Morgan fingerprint density at radius 1 is 1.00 bits per heavy atom. The molecule has 1 saturated heterocycles. The lowest BCUT2D eigenvalue weighted by Gasteiger charge is -2.20. The second-order valence-corrected chi connectivity index (χ2v) is 10.9. The molecule has 1 fully saturated rings. The summed E-state index contributed by atoms with van der Waals surface area (Å²) < 4.78 is 7.70. The third-order valence-corrected chi connectivity index (χ3v) is 7.17. The fourth-order valence-corrected chi connectivity index (χ4v) is 5.33. The van der Waals surface area contributed by atoms with Gasteiger partial charge in [0, 0.05) is 18.5 Å². The number of likely N-dealkylation sites (tertiary alicyclic amines) is 1. The van der Waals surface area contributed by atoms with Crippen molar-refractivity contribution in [3.8, 4) is 0 Å². The Labute approximate surface area is 219 Å². The zero-order chi connectivity index (χ0) is 26.0. The van der Waals surface area contributed by atoms with Crippen LogP contribution in [-0.4, -0.2) is 56.4 Å². The number of nitrogens with zero attached hydrogens (tertiary/aromatic N) is 4. The topological polar surface area (TPSA) is 89.4 Å². The molecule has 2 aromatic carbocycles. The number of hydrogen-bond acceptors (Lipinski definition) is 6. The second-order valence-electron chi connectivity index (χ2n) is 10.9. The molecule has 0 unspecified atom stereocenters. The summed E-state index contributed by atoms with van der Waals surface area (Å²) in [6, 6.07) is 15.4. The van der Waals surface area contributed by atoms with E-state index in [0.29, 0.717) is 31.1 Å². The lowest BCUT2D eigenvalue weighted by Crippen LogP contribution is -2.27. The second kappa shape index (κ2) is 10.8. The molecular weight excluding hydrogens is 462 g/mol. The zero-order valence-corrected chi connectivity index (χ0v) is 22.3. The van der Waals surface area contributed by atoms with Crippen LogP contribution in [0.5, 0.6) is 0 Å². The highest BCUT2D eigenvalue weighted by atomic mass is 16.5. The first kappa shape index (κ1) is 25.6. The average molecular weight is 502 g/mol. The number of benzene rings is 2. The lowest BCUT2D eigenvalue weighted by molar-refractivity contribution is 0.0582. The largest absolute Gasteiger partial charge is 0.389 e. The van der Waals surface area contributed by atoms with Gasteiger partial charge in [0.05, 0.1) is 23.2 Å². The molecule has 2 aromatic heterocycles. The lowest BCUT2D eigenvalue weighted by atomic mass is 10.0. The monoisotopic (exact) mass is 501 g/mol. The number of fused-ring (bicyclic) bond motifs is 3. The fraction of sp³-hybridized carbons (Fsp3) is 0.467. The maximum absolute atomic E-state index is 10.6. The number of ether oxygens (including phenoxy) is 1. The van der Waals surface area contributed by atoms with Crippen LogP contribution in [0, 0.1) is 0 Å². The van der Waals surface area contributed by atoms with Crippen molar-refractivity contribution in [3.63, 3.8) is 0 Å². The summed E-state index contributed by atoms with van der Waals surface area (Å²) in [6.45, 7) is 10.5. The highest BCUT2D eigenvalue weighted by Crippen LogP contribution is 2.31. The van der Waals surface area contributed by atoms with Crippen molar-refractivity contribution in [2.75, 3.05) is 32.0 Å². The number of aliphatic hydroxyl groups is 1. The maximum Gasteiger partial charge on any atom is 0.152 e. The number of imidazole rings is 1. The zero-order valence-electron chi connectivity index (χ0n) is 22.3. The van der Waals surface area contributed by atoms with Crippen LogP contribution in [0.25, 0.3) is 21.9 Å². The highest BCUT2D eigenvalue weighted by Gasteiger charge is 2.22. The number of nitrogen functional groups attached to an aromatic ring is 1. The number of rotatable bonds is 10. The van der Waals surface area contributed by atoms with Gasteiger partial charge in [0.25, 0.3) is 0 Å². The van der Waals surface area contributed by atoms with Gasteiger partial charge in [-0.3, -0.25) is 0 Å². The molecule has 3 N–H and O–H groups in total. The van der Waals surface area contributed by atoms with E-state index in [0.717, 1.165) is 41.6 Å². The SMILES string of the molecule is CCOCc1nc2c(N)nc3cc(Cc4ccc(CCN5CCCC5)cc4)ccc3c2n1CC(C)(C)O. The number of nitrogens with two attached hydrogens (primary N) is 1. The molecule has 0 radical (unpaired) electrons. The van der Waals surface area contributed by atoms with Crippen LogP contribution in [0.4, 0.5) is 5.82 Å². The Kier molecular flexibility index (Phi) is 7.47. The Balaban J connectivity index is 1.42. The van der Waals surface area contributed by atoms with Crippen LogP contribution < -0.4 is 5.73 Å². The van der Waals surface area contributed by atoms with Gasteiger partial charge < -0.3 is 25.0 Å². The molecule has 0 spiro atoms. The van der Waals surface area contributed by atoms with Crippen LogP contribution >= 0.6 is 0 Å². The first-order valence-corrected chi connectivity index (χ1v) is 13.5. The summed E-state index contributed by atoms with van der Waals surface area (Å²) in [4.78, 5) is 12.0. The summed E-state index contributed by atoms with van der Waals surface area (Å²) in [5.74, 6) is 1.14. The number of anilines is 1. The molecule has 0 amide bonds. The molecule has 0 aliphatic carbocycles. The third-order valence-electron chi connectivity index (χ3n) is 7.17. The van der Waals surface area contributed by atoms with Crippen molar-refractivity contribution >= 4 is 27.8 Å². The van der Waals surface area contributed by atoms with Gasteiger partial charge in [-0.05, 0) is 82.3 Å². The van der Waals surface area contributed by atoms with E-state index in [4.69, 9.17) is 20.4 Å². The Morgan fingerprint density at radius 2 is 1.70 bits per heavy atom. The first-order chi connectivity index (χ1) is 17.8. The smallest absolute Gasteiger partial charge is 0.152 e. The van der Waals surface area contributed by atoms with E-state index in [1.807, 2.05) is 11.5 Å².